The first kappa shape index (κ1) is 24.0. The minimum absolute atomic E-state index is 0.0499. The quantitative estimate of drug-likeness (QED) is 0.262. The van der Waals surface area contributed by atoms with Crippen molar-refractivity contribution in [3.63, 3.8) is 0 Å². The summed E-state index contributed by atoms with van der Waals surface area (Å²) < 4.78 is 14.5. The van der Waals surface area contributed by atoms with Crippen molar-refractivity contribution in [2.45, 2.75) is 39.2 Å². The van der Waals surface area contributed by atoms with E-state index in [1.54, 1.807) is 19.2 Å². The molecule has 1 saturated carbocycles. The van der Waals surface area contributed by atoms with Crippen LogP contribution in [-0.4, -0.2) is 33.7 Å². The smallest absolute Gasteiger partial charge is 0.169 e. The molecule has 5 nitrogen and oxygen atoms in total. The topological polar surface area (TPSA) is 58.1 Å². The summed E-state index contributed by atoms with van der Waals surface area (Å²) in [6.07, 6.45) is 7.80. The van der Waals surface area contributed by atoms with Gasteiger partial charge < -0.3 is 5.32 Å². The number of aromatic nitrogens is 2. The van der Waals surface area contributed by atoms with Gasteiger partial charge in [-0.25, -0.2) is 4.39 Å². The molecule has 2 aromatic carbocycles. The molecule has 188 valence electrons. The fourth-order valence-corrected chi connectivity index (χ4v) is 5.18. The highest BCUT2D eigenvalue weighted by Gasteiger charge is 2.32. The van der Waals surface area contributed by atoms with E-state index in [-0.39, 0.29) is 17.5 Å². The van der Waals surface area contributed by atoms with E-state index in [0.29, 0.717) is 27.4 Å². The minimum atomic E-state index is -0.350. The predicted octanol–water partition coefficient (Wildman–Crippen LogP) is 7.33. The molecule has 4 aromatic rings. The van der Waals surface area contributed by atoms with Gasteiger partial charge in [0.25, 0.3) is 0 Å². The molecule has 0 atom stereocenters. The largest absolute Gasteiger partial charge is 0.353 e. The van der Waals surface area contributed by atoms with Gasteiger partial charge in [-0.1, -0.05) is 17.7 Å². The second-order valence-corrected chi connectivity index (χ2v) is 10.5. The number of hydrogen-bond donors (Lipinski definition) is 1. The molecule has 0 radical (unpaired) electrons. The van der Waals surface area contributed by atoms with E-state index in [2.05, 4.69) is 20.2 Å². The number of fused-ring (bicyclic) bond motifs is 1. The fraction of sp³-hybridized carbons (Fsp3) is 0.300. The molecule has 2 aliphatic rings. The van der Waals surface area contributed by atoms with Gasteiger partial charge in [0.1, 0.15) is 5.82 Å². The monoisotopic (exact) mass is 514 g/mol. The van der Waals surface area contributed by atoms with Crippen molar-refractivity contribution < 1.29 is 9.18 Å². The number of anilines is 2. The minimum Gasteiger partial charge on any atom is -0.353 e. The van der Waals surface area contributed by atoms with Crippen LogP contribution in [-0.2, 0) is 6.54 Å². The first-order valence-corrected chi connectivity index (χ1v) is 13.2. The van der Waals surface area contributed by atoms with Crippen molar-refractivity contribution in [2.24, 2.45) is 5.92 Å². The van der Waals surface area contributed by atoms with Gasteiger partial charge in [-0.15, -0.1) is 0 Å². The van der Waals surface area contributed by atoms with Crippen molar-refractivity contribution in [3.05, 3.63) is 82.5 Å². The molecule has 1 saturated heterocycles. The molecule has 3 heterocycles. The van der Waals surface area contributed by atoms with E-state index in [4.69, 9.17) is 11.6 Å². The molecule has 1 aliphatic carbocycles. The number of nitrogens with zero attached hydrogens (tertiary/aromatic N) is 3. The zero-order valence-electron chi connectivity index (χ0n) is 20.7. The van der Waals surface area contributed by atoms with Crippen molar-refractivity contribution in [2.75, 3.05) is 18.4 Å². The Hall–Kier alpha value is -3.35. The molecular weight excluding hydrogens is 487 g/mol. The number of halogens is 2. The number of hydrogen-bond acceptors (Lipinski definition) is 5. The Balaban J connectivity index is 1.40. The summed E-state index contributed by atoms with van der Waals surface area (Å²) in [5.74, 6) is -0.198. The van der Waals surface area contributed by atoms with Gasteiger partial charge in [-0.2, -0.15) is 0 Å². The maximum atomic E-state index is 14.5. The molecule has 2 aromatic heterocycles. The third kappa shape index (κ3) is 4.96. The fourth-order valence-electron chi connectivity index (χ4n) is 4.98. The van der Waals surface area contributed by atoms with Gasteiger partial charge in [-0.3, -0.25) is 19.7 Å². The zero-order chi connectivity index (χ0) is 25.5. The van der Waals surface area contributed by atoms with Gasteiger partial charge in [-0.05, 0) is 93.2 Å². The van der Waals surface area contributed by atoms with Gasteiger partial charge in [0.2, 0.25) is 0 Å². The Kier molecular flexibility index (Phi) is 6.39. The summed E-state index contributed by atoms with van der Waals surface area (Å²) in [6, 6.07) is 13.0. The van der Waals surface area contributed by atoms with Gasteiger partial charge in [0.05, 0.1) is 34.3 Å². The SMILES string of the molecule is Cc1c(F)cc(-c2ccc3ncc(C(=O)C4CC4)c(Nc4ccc(CN5CCCC5)nc4)c3c2)cc1Cl. The first-order valence-electron chi connectivity index (χ1n) is 12.8. The van der Waals surface area contributed by atoms with Crippen LogP contribution in [0.5, 0.6) is 0 Å². The second-order valence-electron chi connectivity index (χ2n) is 10.1. The van der Waals surface area contributed by atoms with Crippen molar-refractivity contribution in [3.8, 4) is 11.1 Å². The van der Waals surface area contributed by atoms with Crippen LogP contribution in [0.3, 0.4) is 0 Å². The lowest BCUT2D eigenvalue weighted by Gasteiger charge is -2.16. The lowest BCUT2D eigenvalue weighted by atomic mass is 9.98. The van der Waals surface area contributed by atoms with Crippen LogP contribution >= 0.6 is 11.6 Å². The molecular formula is C30H28ClFN4O. The highest BCUT2D eigenvalue weighted by atomic mass is 35.5. The average Bonchev–Trinajstić information content (AvgIpc) is 3.64. The number of carbonyl (C=O) groups excluding carboxylic acids is 1. The van der Waals surface area contributed by atoms with Crippen LogP contribution in [0.4, 0.5) is 15.8 Å². The molecule has 2 fully saturated rings. The summed E-state index contributed by atoms with van der Waals surface area (Å²) in [5.41, 5.74) is 5.75. The molecule has 0 amide bonds. The number of carbonyl (C=O) groups is 1. The molecule has 0 bridgehead atoms. The van der Waals surface area contributed by atoms with E-state index < -0.39 is 0 Å². The number of pyridine rings is 2. The molecule has 1 N–H and O–H groups in total. The number of benzene rings is 2. The lowest BCUT2D eigenvalue weighted by molar-refractivity contribution is 0.0968. The Morgan fingerprint density at radius 1 is 1.05 bits per heavy atom. The number of nitrogens with one attached hydrogen (secondary N) is 1. The average molecular weight is 515 g/mol. The number of Topliss-reactive ketones (excluding diaryl/α,β-unsaturated/α-hetero) is 1. The maximum Gasteiger partial charge on any atom is 0.169 e. The Labute approximate surface area is 220 Å². The van der Waals surface area contributed by atoms with E-state index in [9.17, 15) is 9.18 Å². The maximum absolute atomic E-state index is 14.5. The summed E-state index contributed by atoms with van der Waals surface area (Å²) in [4.78, 5) is 24.9. The highest BCUT2D eigenvalue weighted by Crippen LogP contribution is 2.39. The predicted molar refractivity (Wildman–Crippen MR) is 146 cm³/mol. The number of likely N-dealkylation sites (tertiary alicyclic amines) is 1. The lowest BCUT2D eigenvalue weighted by Crippen LogP contribution is -2.19. The van der Waals surface area contributed by atoms with Crippen LogP contribution in [0.2, 0.25) is 5.02 Å². The van der Waals surface area contributed by atoms with Crippen LogP contribution < -0.4 is 5.32 Å². The summed E-state index contributed by atoms with van der Waals surface area (Å²) in [5, 5.41) is 4.65. The highest BCUT2D eigenvalue weighted by molar-refractivity contribution is 6.31. The number of ketones is 1. The van der Waals surface area contributed by atoms with Crippen molar-refractivity contribution in [1.29, 1.82) is 0 Å². The van der Waals surface area contributed by atoms with Gasteiger partial charge in [0.15, 0.2) is 5.78 Å². The normalized spacial score (nSPS) is 15.9. The molecule has 37 heavy (non-hydrogen) atoms. The van der Waals surface area contributed by atoms with Crippen LogP contribution in [0.25, 0.3) is 22.0 Å². The van der Waals surface area contributed by atoms with Crippen molar-refractivity contribution >= 4 is 39.7 Å². The van der Waals surface area contributed by atoms with E-state index in [1.807, 2.05) is 36.5 Å². The Morgan fingerprint density at radius 3 is 2.57 bits per heavy atom. The zero-order valence-corrected chi connectivity index (χ0v) is 21.5. The molecule has 7 heteroatoms. The Morgan fingerprint density at radius 2 is 1.86 bits per heavy atom. The van der Waals surface area contributed by atoms with Crippen LogP contribution in [0, 0.1) is 18.7 Å². The van der Waals surface area contributed by atoms with Gasteiger partial charge >= 0.3 is 0 Å². The van der Waals surface area contributed by atoms with E-state index in [1.165, 1.54) is 18.9 Å². The van der Waals surface area contributed by atoms with E-state index >= 15 is 0 Å². The molecule has 6 rings (SSSR count). The van der Waals surface area contributed by atoms with E-state index in [0.717, 1.165) is 60.3 Å². The first-order chi connectivity index (χ1) is 18.0. The van der Waals surface area contributed by atoms with Gasteiger partial charge in [0, 0.05) is 34.6 Å². The number of rotatable bonds is 7. The summed E-state index contributed by atoms with van der Waals surface area (Å²) in [6.45, 7) is 4.75. The molecule has 1 aliphatic heterocycles. The second kappa shape index (κ2) is 9.84. The standard InChI is InChI=1S/C30H28ClFN4O/c1-18-26(31)13-21(14-27(18)32)20-6-9-28-24(12-20)29(25(16-34-28)30(37)19-4-5-19)35-22-7-8-23(33-15-22)17-36-10-2-3-11-36/h6-9,12-16,19H,2-5,10-11,17H2,1H3,(H,34,35). The third-order valence-corrected chi connectivity index (χ3v) is 7.77. The molecule has 0 unspecified atom stereocenters. The third-order valence-electron chi connectivity index (χ3n) is 7.37. The Bertz CT molecular complexity index is 1470. The van der Waals surface area contributed by atoms with Crippen molar-refractivity contribution in [1.82, 2.24) is 14.9 Å². The van der Waals surface area contributed by atoms with Crippen LogP contribution in [0.1, 0.15) is 47.3 Å². The summed E-state index contributed by atoms with van der Waals surface area (Å²) in [7, 11) is 0. The summed E-state index contributed by atoms with van der Waals surface area (Å²) >= 11 is 6.28. The van der Waals surface area contributed by atoms with Crippen LogP contribution in [0.15, 0.2) is 54.9 Å². The molecule has 0 spiro atoms.